The molecule has 2 unspecified atom stereocenters. The van der Waals surface area contributed by atoms with Gasteiger partial charge in [-0.15, -0.1) is 0 Å². The molecule has 0 spiro atoms. The molecule has 174 valence electrons. The molecule has 1 aliphatic heterocycles. The smallest absolute Gasteiger partial charge is 0.411 e. The van der Waals surface area contributed by atoms with Gasteiger partial charge >= 0.3 is 6.09 Å². The number of benzene rings is 1. The summed E-state index contributed by atoms with van der Waals surface area (Å²) in [5.74, 6) is 0.113. The average Bonchev–Trinajstić information content (AvgIpc) is 3.03. The van der Waals surface area contributed by atoms with Gasteiger partial charge in [0.15, 0.2) is 0 Å². The van der Waals surface area contributed by atoms with E-state index < -0.39 is 35.2 Å². The monoisotopic (exact) mass is 435 g/mol. The lowest BCUT2D eigenvalue weighted by Gasteiger charge is -2.43. The first-order chi connectivity index (χ1) is 14.5. The maximum absolute atomic E-state index is 13.8. The normalized spacial score (nSPS) is 30.3. The fraction of sp³-hybridized carbons (Fsp3) is 0.720. The van der Waals surface area contributed by atoms with Crippen molar-refractivity contribution in [2.75, 3.05) is 7.11 Å². The van der Waals surface area contributed by atoms with E-state index in [-0.39, 0.29) is 0 Å². The molecule has 3 atom stereocenters. The predicted molar refractivity (Wildman–Crippen MR) is 118 cm³/mol. The Morgan fingerprint density at radius 2 is 1.94 bits per heavy atom. The molecular weight excluding hydrogens is 397 g/mol. The van der Waals surface area contributed by atoms with Crippen LogP contribution in [0.5, 0.6) is 0 Å². The number of aliphatic hydroxyl groups excluding tert-OH is 1. The summed E-state index contributed by atoms with van der Waals surface area (Å²) in [6, 6.07) is 5.56. The second kappa shape index (κ2) is 9.45. The molecule has 1 heterocycles. The van der Waals surface area contributed by atoms with Gasteiger partial charge in [-0.25, -0.2) is 9.18 Å². The summed E-state index contributed by atoms with van der Waals surface area (Å²) in [5, 5.41) is 11.1. The number of aliphatic hydroxyl groups is 1. The van der Waals surface area contributed by atoms with Gasteiger partial charge < -0.3 is 14.6 Å². The molecule has 1 aromatic carbocycles. The van der Waals surface area contributed by atoms with Gasteiger partial charge in [0, 0.05) is 12.6 Å². The Morgan fingerprint density at radius 3 is 2.52 bits per heavy atom. The van der Waals surface area contributed by atoms with Crippen LogP contribution < -0.4 is 0 Å². The van der Waals surface area contributed by atoms with Crippen molar-refractivity contribution in [1.82, 2.24) is 4.90 Å². The number of carbonyl (C=O) groups is 1. The molecule has 1 saturated carbocycles. The van der Waals surface area contributed by atoms with Crippen LogP contribution in [-0.2, 0) is 9.47 Å². The number of ether oxygens (including phenoxy) is 2. The fourth-order valence-corrected chi connectivity index (χ4v) is 5.38. The van der Waals surface area contributed by atoms with Crippen LogP contribution in [0.15, 0.2) is 24.3 Å². The van der Waals surface area contributed by atoms with E-state index in [1.807, 2.05) is 20.8 Å². The summed E-state index contributed by atoms with van der Waals surface area (Å²) in [4.78, 5) is 15.1. The molecule has 0 radical (unpaired) electrons. The third-order valence-corrected chi connectivity index (χ3v) is 6.89. The maximum atomic E-state index is 13.8. The predicted octanol–water partition coefficient (Wildman–Crippen LogP) is 5.61. The zero-order chi connectivity index (χ0) is 22.8. The van der Waals surface area contributed by atoms with Gasteiger partial charge in [0.1, 0.15) is 11.4 Å². The van der Waals surface area contributed by atoms with E-state index in [1.54, 1.807) is 24.1 Å². The van der Waals surface area contributed by atoms with Crippen LogP contribution in [-0.4, -0.2) is 46.5 Å². The largest absolute Gasteiger partial charge is 0.444 e. The number of methoxy groups -OCH3 is 1. The molecule has 0 bridgehead atoms. The van der Waals surface area contributed by atoms with Gasteiger partial charge in [-0.1, -0.05) is 12.1 Å². The van der Waals surface area contributed by atoms with E-state index in [2.05, 4.69) is 6.92 Å². The first-order valence-corrected chi connectivity index (χ1v) is 11.5. The van der Waals surface area contributed by atoms with Crippen LogP contribution in [0.3, 0.4) is 0 Å². The van der Waals surface area contributed by atoms with E-state index in [1.165, 1.54) is 12.1 Å². The second-order valence-electron chi connectivity index (χ2n) is 10.5. The highest BCUT2D eigenvalue weighted by molar-refractivity contribution is 5.70. The molecule has 2 aliphatic rings. The zero-order valence-electron chi connectivity index (χ0n) is 19.6. The molecule has 1 N–H and O–H groups in total. The van der Waals surface area contributed by atoms with Crippen molar-refractivity contribution in [3.63, 3.8) is 0 Å². The number of nitrogens with zero attached hydrogens (tertiary/aromatic N) is 1. The first-order valence-electron chi connectivity index (χ1n) is 11.5. The van der Waals surface area contributed by atoms with Crippen LogP contribution >= 0.6 is 0 Å². The van der Waals surface area contributed by atoms with E-state index in [9.17, 15) is 14.3 Å². The van der Waals surface area contributed by atoms with Crippen molar-refractivity contribution >= 4 is 6.09 Å². The molecule has 2 fully saturated rings. The Bertz CT molecular complexity index is 756. The molecule has 1 saturated heterocycles. The van der Waals surface area contributed by atoms with Crippen LogP contribution in [0.25, 0.3) is 0 Å². The number of likely N-dealkylation sites (tertiary alicyclic amines) is 1. The Kier molecular flexibility index (Phi) is 7.32. The number of hydrogen-bond donors (Lipinski definition) is 1. The topological polar surface area (TPSA) is 59.0 Å². The quantitative estimate of drug-likeness (QED) is 0.653. The Hall–Kier alpha value is -1.66. The van der Waals surface area contributed by atoms with Gasteiger partial charge in [-0.3, -0.25) is 4.90 Å². The summed E-state index contributed by atoms with van der Waals surface area (Å²) in [6.45, 7) is 7.66. The van der Waals surface area contributed by atoms with Crippen molar-refractivity contribution in [3.05, 3.63) is 35.6 Å². The highest BCUT2D eigenvalue weighted by Crippen LogP contribution is 2.45. The fourth-order valence-electron chi connectivity index (χ4n) is 5.38. The van der Waals surface area contributed by atoms with Gasteiger partial charge in [0.05, 0.1) is 18.2 Å². The molecule has 31 heavy (non-hydrogen) atoms. The van der Waals surface area contributed by atoms with Crippen molar-refractivity contribution in [2.24, 2.45) is 5.92 Å². The van der Waals surface area contributed by atoms with Gasteiger partial charge in [0.25, 0.3) is 0 Å². The van der Waals surface area contributed by atoms with E-state index >= 15 is 0 Å². The lowest BCUT2D eigenvalue weighted by Crippen LogP contribution is -2.53. The summed E-state index contributed by atoms with van der Waals surface area (Å²) < 4.78 is 25.1. The summed E-state index contributed by atoms with van der Waals surface area (Å²) >= 11 is 0. The Balaban J connectivity index is 1.83. The molecule has 1 aromatic rings. The van der Waals surface area contributed by atoms with Gasteiger partial charge in [-0.05, 0) is 96.3 Å². The highest BCUT2D eigenvalue weighted by atomic mass is 19.1. The van der Waals surface area contributed by atoms with E-state index in [0.717, 1.165) is 38.5 Å². The molecular formula is C25H38FNO4. The third-order valence-electron chi connectivity index (χ3n) is 6.89. The standard InChI is InChI=1S/C25H38FNO4/c1-24(2,3)31-23(29)27-21(22(28)18-7-6-8-19(26)15-18)13-14-25(27,4)16-17-9-11-20(30-5)12-10-17/h6-8,15,17,20-22,28H,9-14,16H2,1-5H3/t17?,20?,21?,22-,25?/m1/s1. The minimum Gasteiger partial charge on any atom is -0.444 e. The SMILES string of the molecule is COC1CCC(CC2(C)CCC([C@H](O)c3cccc(F)c3)N2C(=O)OC(C)(C)C)CC1. The minimum absolute atomic E-state index is 0.331. The first kappa shape index (κ1) is 24.0. The summed E-state index contributed by atoms with van der Waals surface area (Å²) in [6.07, 6.45) is 5.51. The molecule has 1 aliphatic carbocycles. The van der Waals surface area contributed by atoms with Crippen LogP contribution in [0.4, 0.5) is 9.18 Å². The summed E-state index contributed by atoms with van der Waals surface area (Å²) in [5.41, 5.74) is -0.555. The molecule has 1 amide bonds. The lowest BCUT2D eigenvalue weighted by molar-refractivity contribution is -0.0274. The number of halogens is 1. The van der Waals surface area contributed by atoms with Crippen LogP contribution in [0, 0.1) is 11.7 Å². The van der Waals surface area contributed by atoms with Crippen molar-refractivity contribution < 1.29 is 23.8 Å². The number of carbonyl (C=O) groups excluding carboxylic acids is 1. The number of amides is 1. The van der Waals surface area contributed by atoms with Crippen molar-refractivity contribution in [2.45, 2.75) is 102 Å². The average molecular weight is 436 g/mol. The Morgan fingerprint density at radius 1 is 1.26 bits per heavy atom. The maximum Gasteiger partial charge on any atom is 0.411 e. The summed E-state index contributed by atoms with van der Waals surface area (Å²) in [7, 11) is 1.77. The molecule has 5 nitrogen and oxygen atoms in total. The molecule has 6 heteroatoms. The van der Waals surface area contributed by atoms with Crippen LogP contribution in [0.1, 0.15) is 84.3 Å². The van der Waals surface area contributed by atoms with Gasteiger partial charge in [-0.2, -0.15) is 0 Å². The third kappa shape index (κ3) is 5.78. The molecule has 3 rings (SSSR count). The minimum atomic E-state index is -0.964. The van der Waals surface area contributed by atoms with Crippen LogP contribution in [0.2, 0.25) is 0 Å². The van der Waals surface area contributed by atoms with E-state index in [4.69, 9.17) is 9.47 Å². The van der Waals surface area contributed by atoms with Crippen molar-refractivity contribution in [3.8, 4) is 0 Å². The lowest BCUT2D eigenvalue weighted by atomic mass is 9.78. The van der Waals surface area contributed by atoms with Gasteiger partial charge in [0.2, 0.25) is 0 Å². The highest BCUT2D eigenvalue weighted by Gasteiger charge is 2.50. The second-order valence-corrected chi connectivity index (χ2v) is 10.5. The Labute approximate surface area is 185 Å². The zero-order valence-corrected chi connectivity index (χ0v) is 19.6. The van der Waals surface area contributed by atoms with E-state index in [0.29, 0.717) is 24.0 Å². The number of rotatable bonds is 5. The van der Waals surface area contributed by atoms with Crippen molar-refractivity contribution in [1.29, 1.82) is 0 Å². The number of hydrogen-bond acceptors (Lipinski definition) is 4. The molecule has 0 aromatic heterocycles.